The molecule has 2 atom stereocenters. The van der Waals surface area contributed by atoms with Crippen molar-refractivity contribution in [3.8, 4) is 0 Å². The van der Waals surface area contributed by atoms with Crippen LogP contribution < -0.4 is 5.32 Å². The minimum absolute atomic E-state index is 0.155. The largest absolute Gasteiger partial charge is 0.467 e. The highest BCUT2D eigenvalue weighted by atomic mass is 19.1. The van der Waals surface area contributed by atoms with Crippen LogP contribution in [-0.4, -0.2) is 16.7 Å². The molecule has 0 spiro atoms. The Morgan fingerprint density at radius 1 is 1.10 bits per heavy atom. The van der Waals surface area contributed by atoms with E-state index < -0.39 is 11.9 Å². The van der Waals surface area contributed by atoms with Gasteiger partial charge in [-0.1, -0.05) is 30.3 Å². The number of rotatable bonds is 5. The molecular formula is C23H21FN2O3. The third kappa shape index (κ3) is 3.53. The topological polar surface area (TPSA) is 62.6 Å². The summed E-state index contributed by atoms with van der Waals surface area (Å²) in [5.41, 5.74) is 3.11. The number of furan rings is 1. The van der Waals surface area contributed by atoms with Crippen LogP contribution >= 0.6 is 0 Å². The van der Waals surface area contributed by atoms with Crippen molar-refractivity contribution in [2.45, 2.75) is 32.4 Å². The summed E-state index contributed by atoms with van der Waals surface area (Å²) < 4.78 is 19.0. The number of carbonyl (C=O) groups excluding carboxylic acids is 2. The second-order valence-corrected chi connectivity index (χ2v) is 7.25. The van der Waals surface area contributed by atoms with Gasteiger partial charge in [-0.05, 0) is 54.8 Å². The Balaban J connectivity index is 1.71. The van der Waals surface area contributed by atoms with E-state index >= 15 is 0 Å². The van der Waals surface area contributed by atoms with Crippen LogP contribution in [0.15, 0.2) is 65.3 Å². The zero-order chi connectivity index (χ0) is 20.5. The van der Waals surface area contributed by atoms with Crippen molar-refractivity contribution in [1.29, 1.82) is 0 Å². The molecule has 6 heteroatoms. The van der Waals surface area contributed by atoms with Crippen molar-refractivity contribution < 1.29 is 18.4 Å². The van der Waals surface area contributed by atoms with E-state index in [0.717, 1.165) is 11.1 Å². The number of halogens is 1. The van der Waals surface area contributed by atoms with Gasteiger partial charge in [-0.25, -0.2) is 4.39 Å². The molecule has 1 fully saturated rings. The summed E-state index contributed by atoms with van der Waals surface area (Å²) in [4.78, 5) is 27.4. The van der Waals surface area contributed by atoms with E-state index in [4.69, 9.17) is 4.42 Å². The fourth-order valence-electron chi connectivity index (χ4n) is 3.76. The Bertz CT molecular complexity index is 1020. The van der Waals surface area contributed by atoms with Crippen molar-refractivity contribution in [3.05, 3.63) is 89.1 Å². The molecule has 2 aromatic carbocycles. The summed E-state index contributed by atoms with van der Waals surface area (Å²) in [6.07, 6.45) is 1.81. The molecule has 1 aliphatic heterocycles. The number of hydrogen-bond donors (Lipinski definition) is 1. The van der Waals surface area contributed by atoms with E-state index in [1.165, 1.54) is 29.2 Å². The van der Waals surface area contributed by atoms with Gasteiger partial charge in [0, 0.05) is 5.69 Å². The fraction of sp³-hybridized carbons (Fsp3) is 0.217. The van der Waals surface area contributed by atoms with Gasteiger partial charge in [0.05, 0.1) is 18.7 Å². The predicted octanol–water partition coefficient (Wildman–Crippen LogP) is 4.69. The number of hydrogen-bond acceptors (Lipinski definition) is 3. The first-order chi connectivity index (χ1) is 14.0. The smallest absolute Gasteiger partial charge is 0.251 e. The molecule has 0 saturated carbocycles. The molecule has 2 amide bonds. The van der Waals surface area contributed by atoms with Gasteiger partial charge in [0.2, 0.25) is 5.91 Å². The fourth-order valence-corrected chi connectivity index (χ4v) is 3.76. The SMILES string of the molecule is Cc1cccc(C)c1NC(=O)[C@@H](c1ccc(F)cc1)N1C(=O)C[C@H]1c1ccco1. The monoisotopic (exact) mass is 392 g/mol. The first kappa shape index (κ1) is 18.9. The average Bonchev–Trinajstić information content (AvgIpc) is 3.22. The predicted molar refractivity (Wildman–Crippen MR) is 107 cm³/mol. The van der Waals surface area contributed by atoms with Crippen molar-refractivity contribution in [3.63, 3.8) is 0 Å². The van der Waals surface area contributed by atoms with Crippen LogP contribution in [0.25, 0.3) is 0 Å². The van der Waals surface area contributed by atoms with Crippen molar-refractivity contribution in [2.75, 3.05) is 5.32 Å². The maximum atomic E-state index is 13.5. The number of nitrogens with zero attached hydrogens (tertiary/aromatic N) is 1. The van der Waals surface area contributed by atoms with Gasteiger partial charge < -0.3 is 14.6 Å². The third-order valence-electron chi connectivity index (χ3n) is 5.30. The molecule has 1 N–H and O–H groups in total. The van der Waals surface area contributed by atoms with E-state index in [1.54, 1.807) is 18.4 Å². The van der Waals surface area contributed by atoms with Gasteiger partial charge in [0.15, 0.2) is 0 Å². The minimum atomic E-state index is -0.897. The zero-order valence-corrected chi connectivity index (χ0v) is 16.2. The number of para-hydroxylation sites is 1. The third-order valence-corrected chi connectivity index (χ3v) is 5.30. The normalized spacial score (nSPS) is 17.0. The standard InChI is InChI=1S/C23H21FN2O3/c1-14-5-3-6-15(2)21(14)25-23(28)22(16-8-10-17(24)11-9-16)26-18(13-20(26)27)19-7-4-12-29-19/h3-12,18,22H,13H2,1-2H3,(H,25,28)/t18-,22+/m0/s1. The first-order valence-corrected chi connectivity index (χ1v) is 9.43. The second-order valence-electron chi connectivity index (χ2n) is 7.25. The number of anilines is 1. The van der Waals surface area contributed by atoms with Crippen LogP contribution in [-0.2, 0) is 9.59 Å². The molecule has 0 radical (unpaired) electrons. The highest BCUT2D eigenvalue weighted by Crippen LogP contribution is 2.42. The van der Waals surface area contributed by atoms with E-state index in [1.807, 2.05) is 32.0 Å². The summed E-state index contributed by atoms with van der Waals surface area (Å²) in [6.45, 7) is 3.83. The Kier molecular flexibility index (Phi) is 4.92. The van der Waals surface area contributed by atoms with Gasteiger partial charge in [-0.3, -0.25) is 9.59 Å². The Morgan fingerprint density at radius 3 is 2.38 bits per heavy atom. The lowest BCUT2D eigenvalue weighted by atomic mass is 9.92. The number of benzene rings is 2. The van der Waals surface area contributed by atoms with Crippen LogP contribution in [0.2, 0.25) is 0 Å². The van der Waals surface area contributed by atoms with Crippen LogP contribution in [0.4, 0.5) is 10.1 Å². The number of β-lactam (4-membered cyclic amide) rings is 1. The molecule has 1 aliphatic rings. The first-order valence-electron chi connectivity index (χ1n) is 9.43. The molecular weight excluding hydrogens is 371 g/mol. The van der Waals surface area contributed by atoms with Crippen LogP contribution in [0.5, 0.6) is 0 Å². The average molecular weight is 392 g/mol. The Morgan fingerprint density at radius 2 is 1.79 bits per heavy atom. The quantitative estimate of drug-likeness (QED) is 0.641. The number of amides is 2. The van der Waals surface area contributed by atoms with Crippen molar-refractivity contribution in [1.82, 2.24) is 4.90 Å². The molecule has 4 rings (SSSR count). The van der Waals surface area contributed by atoms with Gasteiger partial charge in [0.1, 0.15) is 17.6 Å². The molecule has 2 heterocycles. The lowest BCUT2D eigenvalue weighted by molar-refractivity contribution is -0.155. The molecule has 29 heavy (non-hydrogen) atoms. The highest BCUT2D eigenvalue weighted by molar-refractivity contribution is 6.00. The lowest BCUT2D eigenvalue weighted by Gasteiger charge is -2.44. The van der Waals surface area contributed by atoms with Gasteiger partial charge >= 0.3 is 0 Å². The number of aryl methyl sites for hydroxylation is 2. The Hall–Kier alpha value is -3.41. The number of likely N-dealkylation sites (tertiary alicyclic amines) is 1. The van der Waals surface area contributed by atoms with Crippen LogP contribution in [0.1, 0.15) is 41.0 Å². The molecule has 0 unspecified atom stereocenters. The zero-order valence-electron chi connectivity index (χ0n) is 16.2. The molecule has 0 bridgehead atoms. The van der Waals surface area contributed by atoms with Crippen LogP contribution in [0, 0.1) is 19.7 Å². The maximum absolute atomic E-state index is 13.5. The van der Waals surface area contributed by atoms with E-state index in [2.05, 4.69) is 5.32 Å². The summed E-state index contributed by atoms with van der Waals surface area (Å²) in [5, 5.41) is 2.97. The van der Waals surface area contributed by atoms with Crippen LogP contribution in [0.3, 0.4) is 0 Å². The molecule has 0 aliphatic carbocycles. The van der Waals surface area contributed by atoms with E-state index in [0.29, 0.717) is 17.0 Å². The van der Waals surface area contributed by atoms with E-state index in [-0.39, 0.29) is 24.3 Å². The van der Waals surface area contributed by atoms with Crippen molar-refractivity contribution >= 4 is 17.5 Å². The molecule has 3 aromatic rings. The second kappa shape index (κ2) is 7.54. The summed E-state index contributed by atoms with van der Waals surface area (Å²) in [6, 6.07) is 13.7. The molecule has 1 saturated heterocycles. The number of carbonyl (C=O) groups is 2. The van der Waals surface area contributed by atoms with E-state index in [9.17, 15) is 14.0 Å². The summed E-state index contributed by atoms with van der Waals surface area (Å²) >= 11 is 0. The number of nitrogens with one attached hydrogen (secondary N) is 1. The molecule has 1 aromatic heterocycles. The van der Waals surface area contributed by atoms with Gasteiger partial charge in [-0.15, -0.1) is 0 Å². The molecule has 148 valence electrons. The lowest BCUT2D eigenvalue weighted by Crippen LogP contribution is -2.51. The van der Waals surface area contributed by atoms with Crippen molar-refractivity contribution in [2.24, 2.45) is 0 Å². The van der Waals surface area contributed by atoms with Gasteiger partial charge in [0.25, 0.3) is 5.91 Å². The highest BCUT2D eigenvalue weighted by Gasteiger charge is 2.46. The maximum Gasteiger partial charge on any atom is 0.251 e. The molecule has 5 nitrogen and oxygen atoms in total. The van der Waals surface area contributed by atoms with Gasteiger partial charge in [-0.2, -0.15) is 0 Å². The minimum Gasteiger partial charge on any atom is -0.467 e. The summed E-state index contributed by atoms with van der Waals surface area (Å²) in [7, 11) is 0. The summed E-state index contributed by atoms with van der Waals surface area (Å²) in [5.74, 6) is -0.284. The Labute approximate surface area is 168 Å².